The van der Waals surface area contributed by atoms with Crippen molar-refractivity contribution in [2.45, 2.75) is 49.6 Å². The van der Waals surface area contributed by atoms with Crippen LogP contribution in [0.25, 0.3) is 11.1 Å². The van der Waals surface area contributed by atoms with Gasteiger partial charge < -0.3 is 25.2 Å². The number of benzene rings is 2. The van der Waals surface area contributed by atoms with Crippen LogP contribution in [0.3, 0.4) is 0 Å². The van der Waals surface area contributed by atoms with Crippen LogP contribution in [-0.2, 0) is 19.1 Å². The summed E-state index contributed by atoms with van der Waals surface area (Å²) in [6, 6.07) is 15.5. The van der Waals surface area contributed by atoms with E-state index in [-0.39, 0.29) is 30.8 Å². The van der Waals surface area contributed by atoms with E-state index in [0.717, 1.165) is 35.1 Å². The number of fused-ring (bicyclic) bond motifs is 3. The Bertz CT molecular complexity index is 1080. The molecule has 3 aliphatic rings. The van der Waals surface area contributed by atoms with Crippen molar-refractivity contribution in [1.82, 2.24) is 10.6 Å². The van der Waals surface area contributed by atoms with E-state index in [0.29, 0.717) is 26.1 Å². The number of ether oxygens (including phenoxy) is 2. The molecule has 2 amide bonds. The first-order chi connectivity index (χ1) is 17.0. The molecule has 1 unspecified atom stereocenters. The van der Waals surface area contributed by atoms with Crippen molar-refractivity contribution in [1.29, 1.82) is 0 Å². The van der Waals surface area contributed by atoms with Gasteiger partial charge in [-0.2, -0.15) is 0 Å². The number of rotatable bonds is 8. The first kappa shape index (κ1) is 23.4. The van der Waals surface area contributed by atoms with Crippen LogP contribution < -0.4 is 10.6 Å². The number of carboxylic acid groups (broad SMARTS) is 1. The van der Waals surface area contributed by atoms with E-state index in [9.17, 15) is 19.5 Å². The van der Waals surface area contributed by atoms with E-state index in [1.54, 1.807) is 0 Å². The van der Waals surface area contributed by atoms with Gasteiger partial charge in [0.05, 0.1) is 12.0 Å². The molecule has 5 rings (SSSR count). The van der Waals surface area contributed by atoms with E-state index in [4.69, 9.17) is 9.47 Å². The van der Waals surface area contributed by atoms with Crippen molar-refractivity contribution in [2.75, 3.05) is 19.8 Å². The third-order valence-electron chi connectivity index (χ3n) is 7.32. The molecule has 1 atom stereocenters. The number of hydrogen-bond donors (Lipinski definition) is 3. The Kier molecular flexibility index (Phi) is 6.47. The first-order valence-electron chi connectivity index (χ1n) is 12.2. The number of alkyl carbamates (subject to hydrolysis) is 1. The maximum atomic E-state index is 13.2. The van der Waals surface area contributed by atoms with Crippen molar-refractivity contribution in [2.24, 2.45) is 5.92 Å². The second kappa shape index (κ2) is 9.70. The number of aliphatic carboxylic acids is 1. The molecular weight excluding hydrogens is 448 g/mol. The van der Waals surface area contributed by atoms with Gasteiger partial charge in [0.15, 0.2) is 0 Å². The van der Waals surface area contributed by atoms with Crippen LogP contribution in [0.4, 0.5) is 4.79 Å². The lowest BCUT2D eigenvalue weighted by molar-refractivity contribution is -0.140. The van der Waals surface area contributed by atoms with Gasteiger partial charge in [-0.15, -0.1) is 0 Å². The molecular formula is C27H30N2O6. The Morgan fingerprint density at radius 2 is 1.60 bits per heavy atom. The first-order valence-corrected chi connectivity index (χ1v) is 12.2. The smallest absolute Gasteiger partial charge is 0.407 e. The molecule has 35 heavy (non-hydrogen) atoms. The summed E-state index contributed by atoms with van der Waals surface area (Å²) in [5.41, 5.74) is 3.67. The Hall–Kier alpha value is -3.39. The molecule has 1 aliphatic heterocycles. The molecule has 184 valence electrons. The molecule has 1 saturated carbocycles. The Morgan fingerprint density at radius 3 is 2.17 bits per heavy atom. The summed E-state index contributed by atoms with van der Waals surface area (Å²) < 4.78 is 11.0. The number of carbonyl (C=O) groups is 3. The molecule has 8 heteroatoms. The van der Waals surface area contributed by atoms with E-state index in [1.165, 1.54) is 0 Å². The summed E-state index contributed by atoms with van der Waals surface area (Å²) in [5.74, 6) is -1.37. The van der Waals surface area contributed by atoms with Crippen LogP contribution in [0.15, 0.2) is 48.5 Å². The highest BCUT2D eigenvalue weighted by molar-refractivity contribution is 5.87. The molecule has 2 aliphatic carbocycles. The minimum absolute atomic E-state index is 0.0252. The van der Waals surface area contributed by atoms with Crippen molar-refractivity contribution < 1.29 is 29.0 Å². The van der Waals surface area contributed by atoms with E-state index >= 15 is 0 Å². The summed E-state index contributed by atoms with van der Waals surface area (Å²) in [4.78, 5) is 37.4. The zero-order valence-corrected chi connectivity index (χ0v) is 19.5. The fourth-order valence-electron chi connectivity index (χ4n) is 5.33. The lowest BCUT2D eigenvalue weighted by atomic mass is 9.86. The molecule has 2 aromatic rings. The molecule has 8 nitrogen and oxygen atoms in total. The van der Waals surface area contributed by atoms with E-state index in [2.05, 4.69) is 34.9 Å². The molecule has 2 aromatic carbocycles. The monoisotopic (exact) mass is 478 g/mol. The lowest BCUT2D eigenvalue weighted by Crippen LogP contribution is -2.59. The number of hydrogen-bond acceptors (Lipinski definition) is 5. The summed E-state index contributed by atoms with van der Waals surface area (Å²) >= 11 is 0. The topological polar surface area (TPSA) is 114 Å². The summed E-state index contributed by atoms with van der Waals surface area (Å²) in [6.07, 6.45) is 1.69. The van der Waals surface area contributed by atoms with Crippen molar-refractivity contribution >= 4 is 18.0 Å². The van der Waals surface area contributed by atoms with Crippen molar-refractivity contribution in [3.63, 3.8) is 0 Å². The summed E-state index contributed by atoms with van der Waals surface area (Å²) in [5, 5.41) is 15.1. The van der Waals surface area contributed by atoms with Gasteiger partial charge in [0.25, 0.3) is 0 Å². The van der Waals surface area contributed by atoms with Gasteiger partial charge in [0, 0.05) is 19.1 Å². The van der Waals surface area contributed by atoms with Crippen molar-refractivity contribution in [3.05, 3.63) is 59.7 Å². The fourth-order valence-corrected chi connectivity index (χ4v) is 5.33. The number of carbonyl (C=O) groups excluding carboxylic acids is 2. The van der Waals surface area contributed by atoms with Crippen molar-refractivity contribution in [3.8, 4) is 11.1 Å². The van der Waals surface area contributed by atoms with Gasteiger partial charge >= 0.3 is 12.1 Å². The molecule has 2 fully saturated rings. The molecule has 1 saturated heterocycles. The minimum atomic E-state index is -0.973. The predicted octanol–water partition coefficient (Wildman–Crippen LogP) is 3.44. The molecule has 3 N–H and O–H groups in total. The molecule has 0 bridgehead atoms. The van der Waals surface area contributed by atoms with Crippen LogP contribution in [-0.4, -0.2) is 54.5 Å². The average molecular weight is 479 g/mol. The van der Waals surface area contributed by atoms with Gasteiger partial charge in [-0.3, -0.25) is 9.59 Å². The Morgan fingerprint density at radius 1 is 1.00 bits per heavy atom. The van der Waals surface area contributed by atoms with Gasteiger partial charge in [-0.25, -0.2) is 4.79 Å². The third kappa shape index (κ3) is 5.03. The standard InChI is InChI=1S/C27H30N2O6/c30-23(31)15-27(11-13-34-14-12-27)29-25(32)24(17-9-10-17)28-26(33)35-16-22-20-7-3-1-5-18(20)19-6-2-4-8-21(19)22/h1-8,17,22,24H,9-16H2,(H,28,33)(H,29,32)(H,30,31). The normalized spacial score (nSPS) is 19.2. The maximum absolute atomic E-state index is 13.2. The quantitative estimate of drug-likeness (QED) is 0.536. The summed E-state index contributed by atoms with van der Waals surface area (Å²) in [6.45, 7) is 0.947. The van der Waals surface area contributed by atoms with Crippen LogP contribution in [0.1, 0.15) is 49.1 Å². The molecule has 0 aromatic heterocycles. The van der Waals surface area contributed by atoms with Crippen LogP contribution in [0, 0.1) is 5.92 Å². The predicted molar refractivity (Wildman–Crippen MR) is 128 cm³/mol. The molecule has 0 spiro atoms. The third-order valence-corrected chi connectivity index (χ3v) is 7.32. The van der Waals surface area contributed by atoms with Gasteiger partial charge in [0.2, 0.25) is 5.91 Å². The van der Waals surface area contributed by atoms with E-state index < -0.39 is 23.6 Å². The summed E-state index contributed by atoms with van der Waals surface area (Å²) in [7, 11) is 0. The molecule has 1 heterocycles. The average Bonchev–Trinajstić information content (AvgIpc) is 3.63. The van der Waals surface area contributed by atoms with E-state index in [1.807, 2.05) is 24.3 Å². The minimum Gasteiger partial charge on any atom is -0.481 e. The fraction of sp³-hybridized carbons (Fsp3) is 0.444. The Balaban J connectivity index is 1.24. The number of carboxylic acids is 1. The second-order valence-electron chi connectivity index (χ2n) is 9.74. The van der Waals surface area contributed by atoms with Crippen LogP contribution in [0.2, 0.25) is 0 Å². The number of nitrogens with one attached hydrogen (secondary N) is 2. The zero-order chi connectivity index (χ0) is 24.4. The second-order valence-corrected chi connectivity index (χ2v) is 9.74. The highest BCUT2D eigenvalue weighted by Gasteiger charge is 2.43. The maximum Gasteiger partial charge on any atom is 0.407 e. The van der Waals surface area contributed by atoms with Crippen LogP contribution >= 0.6 is 0 Å². The number of amides is 2. The highest BCUT2D eigenvalue weighted by atomic mass is 16.5. The van der Waals surface area contributed by atoms with Gasteiger partial charge in [-0.05, 0) is 53.9 Å². The lowest BCUT2D eigenvalue weighted by Gasteiger charge is -2.38. The van der Waals surface area contributed by atoms with Gasteiger partial charge in [0.1, 0.15) is 12.6 Å². The Labute approximate surface area is 204 Å². The molecule has 0 radical (unpaired) electrons. The van der Waals surface area contributed by atoms with Gasteiger partial charge in [-0.1, -0.05) is 48.5 Å². The largest absolute Gasteiger partial charge is 0.481 e. The zero-order valence-electron chi connectivity index (χ0n) is 19.5. The highest BCUT2D eigenvalue weighted by Crippen LogP contribution is 2.44. The van der Waals surface area contributed by atoms with Crippen LogP contribution in [0.5, 0.6) is 0 Å². The SMILES string of the molecule is O=C(O)CC1(NC(=O)C(NC(=O)OCC2c3ccccc3-c3ccccc32)C2CC2)CCOCC1.